The van der Waals surface area contributed by atoms with Crippen molar-refractivity contribution in [1.29, 1.82) is 0 Å². The lowest BCUT2D eigenvalue weighted by Gasteiger charge is -2.19. The van der Waals surface area contributed by atoms with Crippen LogP contribution in [-0.2, 0) is 6.42 Å². The number of unbranched alkanes of at least 4 members (excludes halogenated alkanes) is 2. The molecule has 0 saturated carbocycles. The Morgan fingerprint density at radius 3 is 3.24 bits per heavy atom. The van der Waals surface area contributed by atoms with E-state index in [-0.39, 0.29) is 0 Å². The predicted octanol–water partition coefficient (Wildman–Crippen LogP) is 2.63. The van der Waals surface area contributed by atoms with E-state index in [0.717, 1.165) is 38.6 Å². The summed E-state index contributed by atoms with van der Waals surface area (Å²) in [4.78, 5) is 4.49. The summed E-state index contributed by atoms with van der Waals surface area (Å²) in [6.45, 7) is 0.773. The molecule has 17 heavy (non-hydrogen) atoms. The Hall–Kier alpha value is -1.33. The summed E-state index contributed by atoms with van der Waals surface area (Å²) in [7, 11) is 0. The number of fused-ring (bicyclic) bond motifs is 1. The molecule has 1 atom stereocenters. The van der Waals surface area contributed by atoms with Crippen LogP contribution in [0.15, 0.2) is 18.3 Å². The molecule has 1 aromatic heterocycles. The van der Waals surface area contributed by atoms with Crippen molar-refractivity contribution < 1.29 is 0 Å². The summed E-state index contributed by atoms with van der Waals surface area (Å²) >= 11 is 0. The third kappa shape index (κ3) is 3.31. The third-order valence-corrected chi connectivity index (χ3v) is 3.23. The van der Waals surface area contributed by atoms with E-state index in [1.165, 1.54) is 17.7 Å². The van der Waals surface area contributed by atoms with Gasteiger partial charge in [-0.3, -0.25) is 4.98 Å². The molecular weight excluding hydrogens is 208 g/mol. The second-order valence-electron chi connectivity index (χ2n) is 4.56. The van der Waals surface area contributed by atoms with Crippen molar-refractivity contribution in [2.24, 2.45) is 5.73 Å². The number of rotatable bonds is 3. The molecule has 1 aliphatic rings. The number of nitrogens with zero attached hydrogens (tertiary/aromatic N) is 1. The number of aromatic nitrogens is 1. The quantitative estimate of drug-likeness (QED) is 0.638. The maximum Gasteiger partial charge on any atom is 0.0627 e. The zero-order chi connectivity index (χ0) is 11.9. The molecule has 1 aliphatic carbocycles. The van der Waals surface area contributed by atoms with Crippen molar-refractivity contribution >= 4 is 0 Å². The predicted molar refractivity (Wildman–Crippen MR) is 70.6 cm³/mol. The van der Waals surface area contributed by atoms with Crippen LogP contribution in [0.3, 0.4) is 0 Å². The van der Waals surface area contributed by atoms with E-state index in [1.807, 2.05) is 12.3 Å². The van der Waals surface area contributed by atoms with Crippen molar-refractivity contribution in [3.05, 3.63) is 29.6 Å². The summed E-state index contributed by atoms with van der Waals surface area (Å²) in [5.41, 5.74) is 8.06. The van der Waals surface area contributed by atoms with Gasteiger partial charge in [0.25, 0.3) is 0 Å². The molecular formula is C15H20N2. The number of nitrogens with two attached hydrogens (primary N) is 1. The smallest absolute Gasteiger partial charge is 0.0627 e. The van der Waals surface area contributed by atoms with E-state index in [9.17, 15) is 0 Å². The molecule has 90 valence electrons. The van der Waals surface area contributed by atoms with Gasteiger partial charge >= 0.3 is 0 Å². The van der Waals surface area contributed by atoms with Gasteiger partial charge in [-0.15, -0.1) is 5.92 Å². The maximum absolute atomic E-state index is 5.46. The van der Waals surface area contributed by atoms with Crippen LogP contribution in [0.25, 0.3) is 0 Å². The summed E-state index contributed by atoms with van der Waals surface area (Å²) in [6.07, 6.45) is 8.60. The Morgan fingerprint density at radius 2 is 2.35 bits per heavy atom. The highest BCUT2D eigenvalue weighted by molar-refractivity contribution is 5.32. The van der Waals surface area contributed by atoms with Gasteiger partial charge in [0.1, 0.15) is 0 Å². The Bertz CT molecular complexity index is 414. The van der Waals surface area contributed by atoms with Gasteiger partial charge in [-0.1, -0.05) is 12.0 Å². The first-order valence-electron chi connectivity index (χ1n) is 6.54. The van der Waals surface area contributed by atoms with Crippen LogP contribution >= 0.6 is 0 Å². The number of aryl methyl sites for hydroxylation is 1. The standard InChI is InChI=1S/C15H20N2/c16-11-4-2-1-3-7-13-8-5-9-14-10-6-12-17-15(13)14/h6,10,12-13H,1-2,4-5,8-9,11,16H2. The number of hydrogen-bond acceptors (Lipinski definition) is 2. The van der Waals surface area contributed by atoms with Gasteiger partial charge < -0.3 is 5.73 Å². The summed E-state index contributed by atoms with van der Waals surface area (Å²) < 4.78 is 0. The third-order valence-electron chi connectivity index (χ3n) is 3.23. The van der Waals surface area contributed by atoms with Gasteiger partial charge in [0, 0.05) is 12.6 Å². The minimum absolute atomic E-state index is 0.359. The van der Waals surface area contributed by atoms with Gasteiger partial charge in [0.15, 0.2) is 0 Å². The van der Waals surface area contributed by atoms with Gasteiger partial charge in [-0.25, -0.2) is 0 Å². The zero-order valence-electron chi connectivity index (χ0n) is 10.3. The van der Waals surface area contributed by atoms with E-state index in [1.54, 1.807) is 0 Å². The molecule has 1 unspecified atom stereocenters. The lowest BCUT2D eigenvalue weighted by atomic mass is 9.87. The van der Waals surface area contributed by atoms with E-state index in [2.05, 4.69) is 22.9 Å². The van der Waals surface area contributed by atoms with Gasteiger partial charge in [-0.2, -0.15) is 0 Å². The fraction of sp³-hybridized carbons (Fsp3) is 0.533. The number of pyridine rings is 1. The van der Waals surface area contributed by atoms with Crippen molar-refractivity contribution in [3.8, 4) is 11.8 Å². The average molecular weight is 228 g/mol. The molecule has 0 amide bonds. The lowest BCUT2D eigenvalue weighted by Crippen LogP contribution is -2.10. The van der Waals surface area contributed by atoms with Gasteiger partial charge in [0.05, 0.1) is 11.6 Å². The van der Waals surface area contributed by atoms with E-state index < -0.39 is 0 Å². The molecule has 2 heteroatoms. The molecule has 2 rings (SSSR count). The van der Waals surface area contributed by atoms with Gasteiger partial charge in [-0.05, 0) is 50.3 Å². The molecule has 0 saturated heterocycles. The fourth-order valence-electron chi connectivity index (χ4n) is 2.30. The lowest BCUT2D eigenvalue weighted by molar-refractivity contribution is 0.622. The average Bonchev–Trinajstić information content (AvgIpc) is 2.39. The molecule has 2 nitrogen and oxygen atoms in total. The fourth-order valence-corrected chi connectivity index (χ4v) is 2.30. The second-order valence-corrected chi connectivity index (χ2v) is 4.56. The first kappa shape index (κ1) is 12.1. The highest BCUT2D eigenvalue weighted by atomic mass is 14.7. The number of hydrogen-bond donors (Lipinski definition) is 1. The van der Waals surface area contributed by atoms with E-state index >= 15 is 0 Å². The monoisotopic (exact) mass is 228 g/mol. The summed E-state index contributed by atoms with van der Waals surface area (Å²) in [5, 5.41) is 0. The topological polar surface area (TPSA) is 38.9 Å². The zero-order valence-corrected chi connectivity index (χ0v) is 10.3. The van der Waals surface area contributed by atoms with Crippen molar-refractivity contribution in [2.45, 2.75) is 44.4 Å². The van der Waals surface area contributed by atoms with Crippen molar-refractivity contribution in [2.75, 3.05) is 6.54 Å². The van der Waals surface area contributed by atoms with Crippen LogP contribution in [0.1, 0.15) is 49.3 Å². The van der Waals surface area contributed by atoms with Crippen LogP contribution in [0.5, 0.6) is 0 Å². The normalized spacial score (nSPS) is 18.1. The molecule has 1 aromatic rings. The minimum Gasteiger partial charge on any atom is -0.330 e. The molecule has 0 aliphatic heterocycles. The summed E-state index contributed by atoms with van der Waals surface area (Å²) in [5.74, 6) is 7.03. The SMILES string of the molecule is NCCCCC#CC1CCCc2cccnc21. The highest BCUT2D eigenvalue weighted by Gasteiger charge is 2.18. The first-order chi connectivity index (χ1) is 8.42. The van der Waals surface area contributed by atoms with Crippen molar-refractivity contribution in [1.82, 2.24) is 4.98 Å². The first-order valence-corrected chi connectivity index (χ1v) is 6.54. The summed E-state index contributed by atoms with van der Waals surface area (Å²) in [6, 6.07) is 4.21. The van der Waals surface area contributed by atoms with Crippen LogP contribution in [0, 0.1) is 11.8 Å². The molecule has 0 radical (unpaired) electrons. The molecule has 1 heterocycles. The van der Waals surface area contributed by atoms with Crippen LogP contribution in [-0.4, -0.2) is 11.5 Å². The van der Waals surface area contributed by atoms with E-state index in [4.69, 9.17) is 5.73 Å². The van der Waals surface area contributed by atoms with E-state index in [0.29, 0.717) is 5.92 Å². The second kappa shape index (κ2) is 6.42. The minimum atomic E-state index is 0.359. The largest absolute Gasteiger partial charge is 0.330 e. The molecule has 0 fully saturated rings. The molecule has 0 bridgehead atoms. The van der Waals surface area contributed by atoms with Crippen LogP contribution < -0.4 is 5.73 Å². The molecule has 0 spiro atoms. The van der Waals surface area contributed by atoms with Gasteiger partial charge in [0.2, 0.25) is 0 Å². The highest BCUT2D eigenvalue weighted by Crippen LogP contribution is 2.28. The van der Waals surface area contributed by atoms with Crippen LogP contribution in [0.4, 0.5) is 0 Å². The Balaban J connectivity index is 1.98. The Morgan fingerprint density at radius 1 is 1.41 bits per heavy atom. The molecule has 0 aromatic carbocycles. The van der Waals surface area contributed by atoms with Crippen LogP contribution in [0.2, 0.25) is 0 Å². The Kier molecular flexibility index (Phi) is 4.58. The maximum atomic E-state index is 5.46. The van der Waals surface area contributed by atoms with Crippen molar-refractivity contribution in [3.63, 3.8) is 0 Å². The Labute approximate surface area is 104 Å². The molecule has 2 N–H and O–H groups in total.